The molecule has 1 N–H and O–H groups in total. The molecule has 1 atom stereocenters. The number of aromatic nitrogens is 2. The summed E-state index contributed by atoms with van der Waals surface area (Å²) in [5.41, 5.74) is 2.47. The molecule has 114 valence electrons. The zero-order chi connectivity index (χ0) is 14.7. The van der Waals surface area contributed by atoms with Crippen molar-refractivity contribution in [3.05, 3.63) is 18.2 Å². The van der Waals surface area contributed by atoms with Gasteiger partial charge in [0.25, 0.3) is 0 Å². The van der Waals surface area contributed by atoms with Crippen LogP contribution < -0.4 is 10.4 Å². The highest BCUT2D eigenvalue weighted by Gasteiger charge is 2.34. The highest BCUT2D eigenvalue weighted by Crippen LogP contribution is 2.21. The number of hydroxylamine groups is 1. The quantitative estimate of drug-likeness (QED) is 0.779. The van der Waals surface area contributed by atoms with Crippen LogP contribution in [0.25, 0.3) is 0 Å². The van der Waals surface area contributed by atoms with Crippen LogP contribution >= 0.6 is 0 Å². The number of hydrogen-bond acceptors (Lipinski definition) is 6. The van der Waals surface area contributed by atoms with E-state index in [2.05, 4.69) is 15.4 Å². The van der Waals surface area contributed by atoms with Crippen LogP contribution in [0.3, 0.4) is 0 Å². The molecule has 0 saturated carbocycles. The Labute approximate surface area is 121 Å². The Bertz CT molecular complexity index is 487. The predicted molar refractivity (Wildman–Crippen MR) is 70.7 cm³/mol. The van der Waals surface area contributed by atoms with Crippen LogP contribution in [0.2, 0.25) is 0 Å². The Hall–Kier alpha value is -1.80. The molecule has 3 rings (SSSR count). The predicted octanol–water partition coefficient (Wildman–Crippen LogP) is 0.136. The minimum atomic E-state index is -0.474. The topological polar surface area (TPSA) is 76.6 Å². The van der Waals surface area contributed by atoms with Gasteiger partial charge in [-0.05, 0) is 6.42 Å². The summed E-state index contributed by atoms with van der Waals surface area (Å²) in [5.74, 6) is 0.0175. The lowest BCUT2D eigenvalue weighted by Gasteiger charge is -2.37. The van der Waals surface area contributed by atoms with Crippen LogP contribution in [0.4, 0.5) is 10.3 Å². The van der Waals surface area contributed by atoms with Crippen molar-refractivity contribution < 1.29 is 18.8 Å². The first kappa shape index (κ1) is 14.2. The fourth-order valence-corrected chi connectivity index (χ4v) is 2.31. The Morgan fingerprint density at radius 1 is 1.48 bits per heavy atom. The fraction of sp³-hybridized carbons (Fsp3) is 0.615. The average molecular weight is 296 g/mol. The van der Waals surface area contributed by atoms with Crippen molar-refractivity contribution in [1.82, 2.24) is 15.4 Å². The molecule has 2 fully saturated rings. The summed E-state index contributed by atoms with van der Waals surface area (Å²) in [6.07, 6.45) is 3.19. The highest BCUT2D eigenvalue weighted by atomic mass is 19.1. The molecule has 1 unspecified atom stereocenters. The maximum Gasteiger partial charge on any atom is 0.250 e. The smallest absolute Gasteiger partial charge is 0.250 e. The lowest BCUT2D eigenvalue weighted by atomic mass is 10.0. The number of ether oxygens (including phenoxy) is 1. The normalized spacial score (nSPS) is 22.1. The van der Waals surface area contributed by atoms with E-state index in [0.29, 0.717) is 38.2 Å². The van der Waals surface area contributed by atoms with Gasteiger partial charge in [0.05, 0.1) is 31.5 Å². The third-order valence-corrected chi connectivity index (χ3v) is 3.66. The van der Waals surface area contributed by atoms with E-state index in [1.807, 2.05) is 4.90 Å². The summed E-state index contributed by atoms with van der Waals surface area (Å²) in [6.45, 7) is 2.94. The number of carbonyl (C=O) groups excluding carboxylic acids is 1. The van der Waals surface area contributed by atoms with Gasteiger partial charge < -0.3 is 9.64 Å². The first-order chi connectivity index (χ1) is 10.2. The van der Waals surface area contributed by atoms with E-state index >= 15 is 0 Å². The zero-order valence-electron chi connectivity index (χ0n) is 11.5. The van der Waals surface area contributed by atoms with E-state index < -0.39 is 5.82 Å². The van der Waals surface area contributed by atoms with E-state index in [4.69, 9.17) is 9.57 Å². The summed E-state index contributed by atoms with van der Waals surface area (Å²) in [4.78, 5) is 26.6. The number of hydrogen-bond donors (Lipinski definition) is 1. The molecule has 0 bridgehead atoms. The van der Waals surface area contributed by atoms with Gasteiger partial charge in [-0.2, -0.15) is 0 Å². The van der Waals surface area contributed by atoms with E-state index in [-0.39, 0.29) is 11.8 Å². The molecule has 21 heavy (non-hydrogen) atoms. The molecule has 1 aromatic heterocycles. The Kier molecular flexibility index (Phi) is 4.26. The lowest BCUT2D eigenvalue weighted by Crippen LogP contribution is -2.54. The van der Waals surface area contributed by atoms with E-state index in [1.54, 1.807) is 0 Å². The van der Waals surface area contributed by atoms with Crippen LogP contribution in [0.1, 0.15) is 6.42 Å². The Morgan fingerprint density at radius 3 is 2.90 bits per heavy atom. The largest absolute Gasteiger partial charge is 0.381 e. The molecule has 0 aliphatic carbocycles. The summed E-state index contributed by atoms with van der Waals surface area (Å²) in [5, 5.41) is 0. The molecule has 3 heterocycles. The minimum absolute atomic E-state index is 0.146. The number of amides is 1. The molecular weight excluding hydrogens is 279 g/mol. The van der Waals surface area contributed by atoms with Gasteiger partial charge in [-0.3, -0.25) is 9.63 Å². The van der Waals surface area contributed by atoms with Gasteiger partial charge in [0.1, 0.15) is 0 Å². The fourth-order valence-electron chi connectivity index (χ4n) is 2.31. The average Bonchev–Trinajstić information content (AvgIpc) is 2.92. The van der Waals surface area contributed by atoms with Crippen molar-refractivity contribution in [3.63, 3.8) is 0 Å². The van der Waals surface area contributed by atoms with Gasteiger partial charge in [0.15, 0.2) is 5.82 Å². The zero-order valence-corrected chi connectivity index (χ0v) is 11.5. The molecule has 2 aliphatic heterocycles. The summed E-state index contributed by atoms with van der Waals surface area (Å²) in [6, 6.07) is 0. The molecule has 8 heteroatoms. The maximum atomic E-state index is 12.7. The number of halogens is 1. The lowest BCUT2D eigenvalue weighted by molar-refractivity contribution is -0.139. The molecular formula is C13H17FN4O3. The van der Waals surface area contributed by atoms with Gasteiger partial charge >= 0.3 is 0 Å². The van der Waals surface area contributed by atoms with Gasteiger partial charge in [-0.15, -0.1) is 0 Å². The first-order valence-corrected chi connectivity index (χ1v) is 6.94. The van der Waals surface area contributed by atoms with E-state index in [0.717, 1.165) is 25.4 Å². The third-order valence-electron chi connectivity index (χ3n) is 3.66. The van der Waals surface area contributed by atoms with Crippen molar-refractivity contribution in [2.75, 3.05) is 37.8 Å². The number of rotatable bonds is 5. The van der Waals surface area contributed by atoms with Gasteiger partial charge in [-0.1, -0.05) is 0 Å². The summed E-state index contributed by atoms with van der Waals surface area (Å²) < 4.78 is 17.9. The number of nitrogens with zero attached hydrogens (tertiary/aromatic N) is 3. The highest BCUT2D eigenvalue weighted by molar-refractivity contribution is 5.80. The van der Waals surface area contributed by atoms with Crippen molar-refractivity contribution in [1.29, 1.82) is 0 Å². The van der Waals surface area contributed by atoms with Crippen molar-refractivity contribution in [3.8, 4) is 0 Å². The molecule has 1 aromatic rings. The summed E-state index contributed by atoms with van der Waals surface area (Å²) in [7, 11) is 0. The molecule has 2 aliphatic rings. The molecule has 0 aromatic carbocycles. The third kappa shape index (κ3) is 3.45. The minimum Gasteiger partial charge on any atom is -0.381 e. The van der Waals surface area contributed by atoms with E-state index in [9.17, 15) is 9.18 Å². The number of carbonyl (C=O) groups is 1. The molecule has 0 spiro atoms. The monoisotopic (exact) mass is 296 g/mol. The standard InChI is InChI=1S/C13H17FN4O3/c14-11-3-15-13(16-4-11)18-5-10(6-18)12(19)17-21-8-9-1-2-20-7-9/h3-4,9-10H,1-2,5-8H2,(H,17,19). The summed E-state index contributed by atoms with van der Waals surface area (Å²) >= 11 is 0. The van der Waals surface area contributed by atoms with Gasteiger partial charge in [0.2, 0.25) is 11.9 Å². The van der Waals surface area contributed by atoms with Crippen LogP contribution in [0.15, 0.2) is 12.4 Å². The van der Waals surface area contributed by atoms with Crippen LogP contribution in [-0.4, -0.2) is 48.8 Å². The van der Waals surface area contributed by atoms with Gasteiger partial charge in [-0.25, -0.2) is 19.8 Å². The van der Waals surface area contributed by atoms with Crippen LogP contribution in [0, 0.1) is 17.7 Å². The Balaban J connectivity index is 1.37. The second-order valence-corrected chi connectivity index (χ2v) is 5.31. The van der Waals surface area contributed by atoms with Gasteiger partial charge in [0, 0.05) is 25.6 Å². The second kappa shape index (κ2) is 6.31. The number of nitrogens with one attached hydrogen (secondary N) is 1. The van der Waals surface area contributed by atoms with Crippen LogP contribution in [0.5, 0.6) is 0 Å². The van der Waals surface area contributed by atoms with Crippen molar-refractivity contribution >= 4 is 11.9 Å². The molecule has 7 nitrogen and oxygen atoms in total. The van der Waals surface area contributed by atoms with Crippen LogP contribution in [-0.2, 0) is 14.4 Å². The maximum absolute atomic E-state index is 12.7. The molecule has 0 radical (unpaired) electrons. The molecule has 2 saturated heterocycles. The van der Waals surface area contributed by atoms with Crippen molar-refractivity contribution in [2.45, 2.75) is 6.42 Å². The van der Waals surface area contributed by atoms with Crippen molar-refractivity contribution in [2.24, 2.45) is 11.8 Å². The van der Waals surface area contributed by atoms with E-state index in [1.165, 1.54) is 0 Å². The second-order valence-electron chi connectivity index (χ2n) is 5.31. The Morgan fingerprint density at radius 2 is 2.24 bits per heavy atom. The SMILES string of the molecule is O=C(NOCC1CCOC1)C1CN(c2ncc(F)cn2)C1. The first-order valence-electron chi connectivity index (χ1n) is 6.94. The molecule has 1 amide bonds. The number of anilines is 1.